The van der Waals surface area contributed by atoms with Crippen molar-refractivity contribution in [2.75, 3.05) is 5.32 Å². The molecule has 1 amide bonds. The van der Waals surface area contributed by atoms with E-state index in [-0.39, 0.29) is 0 Å². The fourth-order valence-corrected chi connectivity index (χ4v) is 1.06. The number of amides is 1. The SMILES string of the molecule is Cc1ccc(NC(=O)O)cc1N=C=O.FC1OC1F.OC(O)(F)F. The van der Waals surface area contributed by atoms with E-state index in [0.717, 1.165) is 5.56 Å². The molecule has 2 unspecified atom stereocenters. The molecule has 0 spiro atoms. The van der Waals surface area contributed by atoms with Gasteiger partial charge in [-0.15, -0.1) is 8.78 Å². The van der Waals surface area contributed by atoms with Gasteiger partial charge in [0, 0.05) is 5.69 Å². The van der Waals surface area contributed by atoms with E-state index in [2.05, 4.69) is 15.0 Å². The van der Waals surface area contributed by atoms with Gasteiger partial charge >= 0.3 is 12.4 Å². The number of aliphatic hydroxyl groups is 2. The first-order valence-corrected chi connectivity index (χ1v) is 5.88. The molecule has 4 N–H and O–H groups in total. The molecule has 1 aromatic rings. The zero-order valence-electron chi connectivity index (χ0n) is 11.9. The minimum absolute atomic E-state index is 0.372. The Morgan fingerprint density at radius 1 is 1.33 bits per heavy atom. The zero-order chi connectivity index (χ0) is 18.9. The summed E-state index contributed by atoms with van der Waals surface area (Å²) < 4.78 is 45.7. The number of carbonyl (C=O) groups is 1. The maximum absolute atomic E-state index is 10.9. The number of nitrogens with zero attached hydrogens (tertiary/aromatic N) is 1. The van der Waals surface area contributed by atoms with E-state index in [9.17, 15) is 27.2 Å². The van der Waals surface area contributed by atoms with Gasteiger partial charge in [-0.2, -0.15) is 4.99 Å². The van der Waals surface area contributed by atoms with Gasteiger partial charge in [0.15, 0.2) is 0 Å². The molecular formula is C12H12F4N2O6. The number of hydrogen-bond acceptors (Lipinski definition) is 6. The number of benzene rings is 1. The molecule has 0 aliphatic carbocycles. The van der Waals surface area contributed by atoms with E-state index in [0.29, 0.717) is 11.4 Å². The quantitative estimate of drug-likeness (QED) is 0.211. The Bertz CT molecular complexity index is 592. The molecule has 0 bridgehead atoms. The lowest BCUT2D eigenvalue weighted by Crippen LogP contribution is -2.10. The third kappa shape index (κ3) is 12.1. The van der Waals surface area contributed by atoms with Crippen molar-refractivity contribution in [3.05, 3.63) is 23.8 Å². The van der Waals surface area contributed by atoms with E-state index in [1.165, 1.54) is 12.1 Å². The molecule has 24 heavy (non-hydrogen) atoms. The van der Waals surface area contributed by atoms with Crippen molar-refractivity contribution in [1.82, 2.24) is 0 Å². The Balaban J connectivity index is 0.000000431. The molecule has 1 saturated heterocycles. The number of halogens is 4. The largest absolute Gasteiger partial charge is 0.480 e. The predicted octanol–water partition coefficient (Wildman–Crippen LogP) is 2.18. The monoisotopic (exact) mass is 356 g/mol. The second-order valence-corrected chi connectivity index (χ2v) is 3.98. The fraction of sp³-hybridized carbons (Fsp3) is 0.333. The first-order chi connectivity index (χ1) is 10.9. The summed E-state index contributed by atoms with van der Waals surface area (Å²) in [7, 11) is 0. The highest BCUT2D eigenvalue weighted by Crippen LogP contribution is 2.23. The summed E-state index contributed by atoms with van der Waals surface area (Å²) in [5.74, 6) is 0. The molecule has 134 valence electrons. The van der Waals surface area contributed by atoms with Crippen LogP contribution in [0.2, 0.25) is 0 Å². The van der Waals surface area contributed by atoms with Crippen molar-refractivity contribution < 1.29 is 47.2 Å². The number of carbonyl (C=O) groups excluding carboxylic acids is 1. The van der Waals surface area contributed by atoms with Crippen molar-refractivity contribution in [1.29, 1.82) is 0 Å². The first kappa shape index (κ1) is 21.5. The highest BCUT2D eigenvalue weighted by atomic mass is 19.3. The lowest BCUT2D eigenvalue weighted by atomic mass is 10.2. The molecule has 1 heterocycles. The number of nitrogens with one attached hydrogen (secondary N) is 1. The first-order valence-electron chi connectivity index (χ1n) is 5.88. The van der Waals surface area contributed by atoms with Gasteiger partial charge in [-0.05, 0) is 24.6 Å². The van der Waals surface area contributed by atoms with Crippen molar-refractivity contribution in [3.63, 3.8) is 0 Å². The third-order valence-electron chi connectivity index (χ3n) is 2.02. The maximum atomic E-state index is 10.9. The number of epoxide rings is 1. The summed E-state index contributed by atoms with van der Waals surface area (Å²) in [6.45, 7) is 1.76. The Hall–Kier alpha value is -2.53. The lowest BCUT2D eigenvalue weighted by molar-refractivity contribution is -0.346. The van der Waals surface area contributed by atoms with Crippen LogP contribution in [0.25, 0.3) is 0 Å². The molecule has 2 rings (SSSR count). The minimum Gasteiger partial charge on any atom is -0.465 e. The van der Waals surface area contributed by atoms with Crippen LogP contribution < -0.4 is 5.32 Å². The van der Waals surface area contributed by atoms with Crippen molar-refractivity contribution in [2.24, 2.45) is 4.99 Å². The van der Waals surface area contributed by atoms with Gasteiger partial charge in [0.1, 0.15) is 0 Å². The van der Waals surface area contributed by atoms with Gasteiger partial charge in [-0.3, -0.25) is 5.32 Å². The van der Waals surface area contributed by atoms with Crippen LogP contribution in [0.15, 0.2) is 23.2 Å². The summed E-state index contributed by atoms with van der Waals surface area (Å²) in [5, 5.41) is 24.1. The molecule has 1 fully saturated rings. The number of alkyl halides is 4. The number of aryl methyl sites for hydroxylation is 1. The van der Waals surface area contributed by atoms with Crippen molar-refractivity contribution >= 4 is 23.5 Å². The van der Waals surface area contributed by atoms with Gasteiger partial charge in [-0.25, -0.2) is 18.4 Å². The van der Waals surface area contributed by atoms with Crippen LogP contribution in [0, 0.1) is 6.92 Å². The van der Waals surface area contributed by atoms with Crippen LogP contribution in [0.4, 0.5) is 33.7 Å². The molecule has 2 atom stereocenters. The standard InChI is InChI=1S/C9H8N2O3.C2H2F2O.CH2F2O2/c1-6-2-3-7(11-9(13)14)4-8(6)10-5-12;3-1-2(4)5-1;2-1(3,4)5/h2-4,11H,1H3,(H,13,14);1-2H;4-5H. The number of anilines is 1. The zero-order valence-corrected chi connectivity index (χ0v) is 11.9. The van der Waals surface area contributed by atoms with E-state index in [1.54, 1.807) is 19.1 Å². The van der Waals surface area contributed by atoms with Crippen molar-refractivity contribution in [2.45, 2.75) is 25.9 Å². The van der Waals surface area contributed by atoms with Crippen LogP contribution in [-0.4, -0.2) is 46.5 Å². The van der Waals surface area contributed by atoms with E-state index < -0.39 is 25.1 Å². The molecule has 1 aliphatic heterocycles. The number of hydrogen-bond donors (Lipinski definition) is 4. The summed E-state index contributed by atoms with van der Waals surface area (Å²) in [5.41, 5.74) is 1.56. The van der Waals surface area contributed by atoms with E-state index in [1.807, 2.05) is 0 Å². The van der Waals surface area contributed by atoms with E-state index in [4.69, 9.17) is 15.3 Å². The second-order valence-electron chi connectivity index (χ2n) is 3.98. The highest BCUT2D eigenvalue weighted by Gasteiger charge is 2.39. The van der Waals surface area contributed by atoms with Gasteiger partial charge in [0.2, 0.25) is 6.08 Å². The van der Waals surface area contributed by atoms with Crippen molar-refractivity contribution in [3.8, 4) is 0 Å². The van der Waals surface area contributed by atoms with Crippen LogP contribution in [0.1, 0.15) is 5.56 Å². The molecule has 0 radical (unpaired) electrons. The van der Waals surface area contributed by atoms with E-state index >= 15 is 0 Å². The molecule has 1 aromatic carbocycles. The maximum Gasteiger partial charge on any atom is 0.480 e. The third-order valence-corrected chi connectivity index (χ3v) is 2.02. The number of isocyanates is 1. The average molecular weight is 356 g/mol. The molecule has 12 heteroatoms. The van der Waals surface area contributed by atoms with Gasteiger partial charge in [0.25, 0.3) is 12.7 Å². The van der Waals surface area contributed by atoms with Gasteiger partial charge in [0.05, 0.1) is 5.69 Å². The van der Waals surface area contributed by atoms with Crippen LogP contribution >= 0.6 is 0 Å². The molecule has 8 nitrogen and oxygen atoms in total. The van der Waals surface area contributed by atoms with Gasteiger partial charge < -0.3 is 20.1 Å². The second kappa shape index (κ2) is 9.57. The topological polar surface area (TPSA) is 132 Å². The smallest absolute Gasteiger partial charge is 0.465 e. The van der Waals surface area contributed by atoms with Crippen LogP contribution in [-0.2, 0) is 9.53 Å². The number of carboxylic acid groups (broad SMARTS) is 1. The summed E-state index contributed by atoms with van der Waals surface area (Å²) in [6, 6.07) is 4.73. The van der Waals surface area contributed by atoms with Crippen LogP contribution in [0.5, 0.6) is 0 Å². The summed E-state index contributed by atoms with van der Waals surface area (Å²) in [4.78, 5) is 23.8. The fourth-order valence-electron chi connectivity index (χ4n) is 1.06. The minimum atomic E-state index is -4.50. The Labute approximate surface area is 132 Å². The normalized spacial score (nSPS) is 18.0. The molecular weight excluding hydrogens is 344 g/mol. The summed E-state index contributed by atoms with van der Waals surface area (Å²) in [6.07, 6.45) is -7.48. The Morgan fingerprint density at radius 2 is 1.79 bits per heavy atom. The summed E-state index contributed by atoms with van der Waals surface area (Å²) >= 11 is 0. The Kier molecular flexibility index (Phi) is 8.56. The number of rotatable bonds is 2. The molecule has 0 aromatic heterocycles. The average Bonchev–Trinajstić information content (AvgIpc) is 3.05. The van der Waals surface area contributed by atoms with Crippen LogP contribution in [0.3, 0.4) is 0 Å². The molecule has 1 aliphatic rings. The number of aliphatic imine (C=N–C) groups is 1. The highest BCUT2D eigenvalue weighted by molar-refractivity contribution is 5.83. The Morgan fingerprint density at radius 3 is 2.12 bits per heavy atom. The number of ether oxygens (including phenoxy) is 1. The lowest BCUT2D eigenvalue weighted by Gasteiger charge is -2.02. The molecule has 0 saturated carbocycles. The predicted molar refractivity (Wildman–Crippen MR) is 70.9 cm³/mol. The van der Waals surface area contributed by atoms with Gasteiger partial charge in [-0.1, -0.05) is 6.07 Å².